The molecule has 1 aliphatic rings. The third-order valence-electron chi connectivity index (χ3n) is 5.43. The van der Waals surface area contributed by atoms with Gasteiger partial charge in [0.15, 0.2) is 0 Å². The highest BCUT2D eigenvalue weighted by molar-refractivity contribution is 5.05. The second-order valence-corrected chi connectivity index (χ2v) is 6.46. The molecule has 0 aromatic heterocycles. The van der Waals surface area contributed by atoms with Gasteiger partial charge in [-0.1, -0.05) is 20.3 Å². The van der Waals surface area contributed by atoms with Crippen molar-refractivity contribution in [3.05, 3.63) is 0 Å². The Hall–Kier alpha value is -0.590. The fourth-order valence-corrected chi connectivity index (χ4v) is 3.48. The van der Waals surface area contributed by atoms with Crippen molar-refractivity contribution in [2.45, 2.75) is 76.8 Å². The topological polar surface area (TPSA) is 39.1 Å². The van der Waals surface area contributed by atoms with E-state index in [0.717, 1.165) is 37.8 Å². The van der Waals surface area contributed by atoms with Gasteiger partial charge in [-0.05, 0) is 71.5 Å². The lowest BCUT2D eigenvalue weighted by molar-refractivity contribution is 0.158. The molecule has 0 aliphatic heterocycles. The van der Waals surface area contributed by atoms with Crippen LogP contribution in [0.4, 0.5) is 0 Å². The Kier molecular flexibility index (Phi) is 7.55. The van der Waals surface area contributed by atoms with Crippen molar-refractivity contribution in [2.24, 2.45) is 5.92 Å². The summed E-state index contributed by atoms with van der Waals surface area (Å²) in [5, 5.41) is 12.5. The summed E-state index contributed by atoms with van der Waals surface area (Å²) in [6, 6.07) is 3.22. The maximum absolute atomic E-state index is 9.32. The first kappa shape index (κ1) is 17.5. The predicted molar refractivity (Wildman–Crippen MR) is 85.6 cm³/mol. The molecule has 1 fully saturated rings. The van der Waals surface area contributed by atoms with Crippen LogP contribution in [0, 0.1) is 17.2 Å². The minimum absolute atomic E-state index is 0.319. The van der Waals surface area contributed by atoms with E-state index in [0.29, 0.717) is 0 Å². The van der Waals surface area contributed by atoms with Crippen molar-refractivity contribution in [1.29, 1.82) is 5.26 Å². The van der Waals surface area contributed by atoms with Gasteiger partial charge >= 0.3 is 0 Å². The lowest BCUT2D eigenvalue weighted by atomic mass is 9.84. The molecule has 1 unspecified atom stereocenters. The molecule has 0 heterocycles. The molecule has 1 N–H and O–H groups in total. The zero-order valence-corrected chi connectivity index (χ0v) is 13.9. The smallest absolute Gasteiger partial charge is 0.106 e. The molecule has 3 nitrogen and oxygen atoms in total. The van der Waals surface area contributed by atoms with Crippen molar-refractivity contribution in [3.63, 3.8) is 0 Å². The first-order valence-corrected chi connectivity index (χ1v) is 8.41. The molecule has 3 heteroatoms. The Morgan fingerprint density at radius 3 is 2.35 bits per heavy atom. The van der Waals surface area contributed by atoms with Gasteiger partial charge in [0.25, 0.3) is 0 Å². The van der Waals surface area contributed by atoms with Gasteiger partial charge in [-0.25, -0.2) is 0 Å². The maximum Gasteiger partial charge on any atom is 0.106 e. The summed E-state index contributed by atoms with van der Waals surface area (Å²) in [6.45, 7) is 5.53. The van der Waals surface area contributed by atoms with Gasteiger partial charge in [-0.3, -0.25) is 0 Å². The summed E-state index contributed by atoms with van der Waals surface area (Å²) >= 11 is 0. The monoisotopic (exact) mass is 279 g/mol. The van der Waals surface area contributed by atoms with E-state index in [1.165, 1.54) is 32.1 Å². The van der Waals surface area contributed by atoms with Crippen LogP contribution in [0.2, 0.25) is 0 Å². The van der Waals surface area contributed by atoms with E-state index in [9.17, 15) is 5.26 Å². The normalized spacial score (nSPS) is 26.2. The molecule has 0 radical (unpaired) electrons. The SMILES string of the molecule is CCC1CCC(N(C)CCCC(C#N)(CC)NC)CC1. The second kappa shape index (κ2) is 8.64. The van der Waals surface area contributed by atoms with E-state index in [4.69, 9.17) is 0 Å². The highest BCUT2D eigenvalue weighted by atomic mass is 15.1. The average Bonchev–Trinajstić information content (AvgIpc) is 2.52. The van der Waals surface area contributed by atoms with Crippen molar-refractivity contribution < 1.29 is 0 Å². The quantitative estimate of drug-likeness (QED) is 0.738. The van der Waals surface area contributed by atoms with Crippen LogP contribution >= 0.6 is 0 Å². The Morgan fingerprint density at radius 2 is 1.90 bits per heavy atom. The number of rotatable bonds is 8. The number of nitrogens with zero attached hydrogens (tertiary/aromatic N) is 2. The summed E-state index contributed by atoms with van der Waals surface area (Å²) < 4.78 is 0. The summed E-state index contributed by atoms with van der Waals surface area (Å²) in [5.41, 5.74) is -0.319. The van der Waals surface area contributed by atoms with E-state index >= 15 is 0 Å². The molecule has 0 spiro atoms. The van der Waals surface area contributed by atoms with E-state index in [1.54, 1.807) is 0 Å². The third-order valence-corrected chi connectivity index (χ3v) is 5.43. The summed E-state index contributed by atoms with van der Waals surface area (Å²) in [6.07, 6.45) is 9.80. The minimum Gasteiger partial charge on any atom is -0.303 e. The van der Waals surface area contributed by atoms with Crippen molar-refractivity contribution in [3.8, 4) is 6.07 Å². The first-order chi connectivity index (χ1) is 9.60. The number of hydrogen-bond donors (Lipinski definition) is 1. The lowest BCUT2D eigenvalue weighted by Crippen LogP contribution is -2.42. The van der Waals surface area contributed by atoms with Gasteiger partial charge < -0.3 is 10.2 Å². The van der Waals surface area contributed by atoms with Crippen molar-refractivity contribution in [1.82, 2.24) is 10.2 Å². The van der Waals surface area contributed by atoms with Crippen LogP contribution < -0.4 is 5.32 Å². The third kappa shape index (κ3) is 4.75. The Labute approximate surface area is 125 Å². The molecule has 116 valence electrons. The molecule has 1 saturated carbocycles. The van der Waals surface area contributed by atoms with E-state index in [2.05, 4.69) is 37.2 Å². The van der Waals surface area contributed by atoms with Crippen molar-refractivity contribution >= 4 is 0 Å². The molecule has 20 heavy (non-hydrogen) atoms. The largest absolute Gasteiger partial charge is 0.303 e. The average molecular weight is 279 g/mol. The highest BCUT2D eigenvalue weighted by Gasteiger charge is 2.26. The van der Waals surface area contributed by atoms with Crippen LogP contribution in [-0.4, -0.2) is 37.1 Å². The standard InChI is InChI=1S/C17H33N3/c1-5-15-8-10-16(11-9-15)20(4)13-7-12-17(6-2,14-18)19-3/h15-16,19H,5-13H2,1-4H3. The molecule has 0 bridgehead atoms. The van der Waals surface area contributed by atoms with Crippen LogP contribution in [0.25, 0.3) is 0 Å². The number of nitrogens with one attached hydrogen (secondary N) is 1. The molecule has 0 saturated heterocycles. The van der Waals surface area contributed by atoms with Gasteiger partial charge in [0.1, 0.15) is 5.54 Å². The molecule has 0 amide bonds. The molecule has 1 aliphatic carbocycles. The minimum atomic E-state index is -0.319. The maximum atomic E-state index is 9.32. The molecular formula is C17H33N3. The van der Waals surface area contributed by atoms with Gasteiger partial charge in [0, 0.05) is 6.04 Å². The molecule has 0 aromatic rings. The Bertz CT molecular complexity index is 296. The number of hydrogen-bond acceptors (Lipinski definition) is 3. The molecule has 1 atom stereocenters. The predicted octanol–water partition coefficient (Wildman–Crippen LogP) is 3.56. The fourth-order valence-electron chi connectivity index (χ4n) is 3.48. The second-order valence-electron chi connectivity index (χ2n) is 6.46. The zero-order chi connectivity index (χ0) is 15.0. The van der Waals surface area contributed by atoms with Crippen LogP contribution in [0.1, 0.15) is 65.2 Å². The number of nitriles is 1. The van der Waals surface area contributed by atoms with Crippen LogP contribution in [-0.2, 0) is 0 Å². The Morgan fingerprint density at radius 1 is 1.25 bits per heavy atom. The van der Waals surface area contributed by atoms with Gasteiger partial charge in [0.05, 0.1) is 6.07 Å². The Balaban J connectivity index is 2.30. The van der Waals surface area contributed by atoms with Gasteiger partial charge in [0.2, 0.25) is 0 Å². The van der Waals surface area contributed by atoms with E-state index in [1.807, 2.05) is 7.05 Å². The van der Waals surface area contributed by atoms with Crippen LogP contribution in [0.15, 0.2) is 0 Å². The van der Waals surface area contributed by atoms with Crippen LogP contribution in [0.5, 0.6) is 0 Å². The van der Waals surface area contributed by atoms with Gasteiger partial charge in [-0.15, -0.1) is 0 Å². The van der Waals surface area contributed by atoms with Crippen molar-refractivity contribution in [2.75, 3.05) is 20.6 Å². The highest BCUT2D eigenvalue weighted by Crippen LogP contribution is 2.29. The summed E-state index contributed by atoms with van der Waals surface area (Å²) in [7, 11) is 4.17. The molecule has 1 rings (SSSR count). The first-order valence-electron chi connectivity index (χ1n) is 8.41. The summed E-state index contributed by atoms with van der Waals surface area (Å²) in [5.74, 6) is 0.968. The fraction of sp³-hybridized carbons (Fsp3) is 0.941. The molecular weight excluding hydrogens is 246 g/mol. The van der Waals surface area contributed by atoms with Crippen LogP contribution in [0.3, 0.4) is 0 Å². The zero-order valence-electron chi connectivity index (χ0n) is 13.9. The van der Waals surface area contributed by atoms with E-state index in [-0.39, 0.29) is 5.54 Å². The molecule has 0 aromatic carbocycles. The van der Waals surface area contributed by atoms with E-state index < -0.39 is 0 Å². The summed E-state index contributed by atoms with van der Waals surface area (Å²) in [4.78, 5) is 2.53. The lowest BCUT2D eigenvalue weighted by Gasteiger charge is -2.35. The van der Waals surface area contributed by atoms with Gasteiger partial charge in [-0.2, -0.15) is 5.26 Å².